The van der Waals surface area contributed by atoms with E-state index in [-0.39, 0.29) is 0 Å². The van der Waals surface area contributed by atoms with Crippen LogP contribution in [-0.4, -0.2) is 9.55 Å². The van der Waals surface area contributed by atoms with Crippen LogP contribution in [0.4, 0.5) is 5.69 Å². The highest BCUT2D eigenvalue weighted by atomic mass is 79.9. The van der Waals surface area contributed by atoms with Crippen molar-refractivity contribution in [2.45, 2.75) is 6.54 Å². The van der Waals surface area contributed by atoms with Crippen LogP contribution in [-0.2, 0) is 13.6 Å². The Hall–Kier alpha value is -1.81. The zero-order valence-corrected chi connectivity index (χ0v) is 12.2. The number of halogens is 1. The first kappa shape index (κ1) is 12.2. The number of fused-ring (bicyclic) bond motifs is 1. The van der Waals surface area contributed by atoms with Gasteiger partial charge in [0, 0.05) is 23.8 Å². The van der Waals surface area contributed by atoms with Crippen LogP contribution in [0.5, 0.6) is 0 Å². The van der Waals surface area contributed by atoms with Gasteiger partial charge in [-0.05, 0) is 35.9 Å². The van der Waals surface area contributed by atoms with Crippen LogP contribution in [0.25, 0.3) is 11.0 Å². The Morgan fingerprint density at radius 3 is 2.95 bits per heavy atom. The maximum Gasteiger partial charge on any atom is 0.0955 e. The van der Waals surface area contributed by atoms with Crippen molar-refractivity contribution < 1.29 is 0 Å². The molecule has 1 N–H and O–H groups in total. The molecule has 0 saturated heterocycles. The lowest BCUT2D eigenvalue weighted by molar-refractivity contribution is 0.947. The molecular weight excluding hydrogens is 302 g/mol. The van der Waals surface area contributed by atoms with E-state index >= 15 is 0 Å². The van der Waals surface area contributed by atoms with Crippen molar-refractivity contribution in [1.29, 1.82) is 0 Å². The highest BCUT2D eigenvalue weighted by Crippen LogP contribution is 2.18. The molecule has 3 rings (SSSR count). The second-order valence-electron chi connectivity index (χ2n) is 4.54. The van der Waals surface area contributed by atoms with Crippen LogP contribution < -0.4 is 5.32 Å². The second-order valence-corrected chi connectivity index (χ2v) is 5.46. The topological polar surface area (TPSA) is 29.9 Å². The fraction of sp³-hybridized carbons (Fsp3) is 0.133. The van der Waals surface area contributed by atoms with Crippen molar-refractivity contribution in [2.24, 2.45) is 7.05 Å². The Balaban J connectivity index is 1.78. The molecule has 0 amide bonds. The number of anilines is 1. The van der Waals surface area contributed by atoms with Crippen LogP contribution >= 0.6 is 15.9 Å². The maximum atomic E-state index is 4.36. The molecule has 0 radical (unpaired) electrons. The normalized spacial score (nSPS) is 10.8. The average molecular weight is 316 g/mol. The van der Waals surface area contributed by atoms with E-state index in [2.05, 4.69) is 56.6 Å². The summed E-state index contributed by atoms with van der Waals surface area (Å²) >= 11 is 3.48. The summed E-state index contributed by atoms with van der Waals surface area (Å²) in [4.78, 5) is 4.36. The van der Waals surface area contributed by atoms with E-state index in [0.29, 0.717) is 0 Å². The van der Waals surface area contributed by atoms with Gasteiger partial charge >= 0.3 is 0 Å². The predicted octanol–water partition coefficient (Wildman–Crippen LogP) is 3.95. The third-order valence-electron chi connectivity index (χ3n) is 3.11. The number of aryl methyl sites for hydroxylation is 1. The average Bonchev–Trinajstić information content (AvgIpc) is 2.78. The molecule has 0 aliphatic heterocycles. The lowest BCUT2D eigenvalue weighted by atomic mass is 10.2. The van der Waals surface area contributed by atoms with Gasteiger partial charge in [-0.2, -0.15) is 0 Å². The van der Waals surface area contributed by atoms with Crippen molar-refractivity contribution in [3.63, 3.8) is 0 Å². The lowest BCUT2D eigenvalue weighted by Crippen LogP contribution is -1.99. The lowest BCUT2D eigenvalue weighted by Gasteiger charge is -2.07. The Labute approximate surface area is 120 Å². The molecule has 0 fully saturated rings. The van der Waals surface area contributed by atoms with E-state index in [4.69, 9.17) is 0 Å². The first-order valence-electron chi connectivity index (χ1n) is 6.12. The quantitative estimate of drug-likeness (QED) is 0.793. The molecule has 19 heavy (non-hydrogen) atoms. The first-order valence-corrected chi connectivity index (χ1v) is 6.91. The van der Waals surface area contributed by atoms with Crippen molar-refractivity contribution >= 4 is 32.7 Å². The number of hydrogen-bond donors (Lipinski definition) is 1. The van der Waals surface area contributed by atoms with Gasteiger partial charge < -0.3 is 9.88 Å². The standard InChI is InChI=1S/C15H14BrN3/c1-19-10-18-14-8-13(5-6-15(14)19)17-9-11-3-2-4-12(16)7-11/h2-8,10,17H,9H2,1H3. The summed E-state index contributed by atoms with van der Waals surface area (Å²) in [6, 6.07) is 14.6. The molecule has 2 aromatic carbocycles. The molecule has 4 heteroatoms. The van der Waals surface area contributed by atoms with Gasteiger partial charge in [0.15, 0.2) is 0 Å². The van der Waals surface area contributed by atoms with Crippen molar-refractivity contribution in [3.8, 4) is 0 Å². The third-order valence-corrected chi connectivity index (χ3v) is 3.60. The number of imidazole rings is 1. The molecule has 1 aromatic heterocycles. The Morgan fingerprint density at radius 2 is 2.11 bits per heavy atom. The second kappa shape index (κ2) is 5.05. The molecule has 0 unspecified atom stereocenters. The molecule has 96 valence electrons. The van der Waals surface area contributed by atoms with Gasteiger partial charge in [-0.3, -0.25) is 0 Å². The largest absolute Gasteiger partial charge is 0.381 e. The first-order chi connectivity index (χ1) is 9.22. The fourth-order valence-corrected chi connectivity index (χ4v) is 2.54. The molecule has 0 saturated carbocycles. The molecule has 0 aliphatic carbocycles. The zero-order chi connectivity index (χ0) is 13.2. The predicted molar refractivity (Wildman–Crippen MR) is 82.2 cm³/mol. The van der Waals surface area contributed by atoms with Gasteiger partial charge in [0.1, 0.15) is 0 Å². The minimum absolute atomic E-state index is 0.803. The summed E-state index contributed by atoms with van der Waals surface area (Å²) in [5.74, 6) is 0. The fourth-order valence-electron chi connectivity index (χ4n) is 2.10. The third kappa shape index (κ3) is 2.63. The van der Waals surface area contributed by atoms with Crippen LogP contribution in [0, 0.1) is 0 Å². The molecule has 3 nitrogen and oxygen atoms in total. The molecule has 0 spiro atoms. The van der Waals surface area contributed by atoms with E-state index in [1.165, 1.54) is 5.56 Å². The molecule has 0 bridgehead atoms. The number of benzene rings is 2. The highest BCUT2D eigenvalue weighted by molar-refractivity contribution is 9.10. The van der Waals surface area contributed by atoms with Gasteiger partial charge in [0.05, 0.1) is 17.4 Å². The molecule has 3 aromatic rings. The number of hydrogen-bond acceptors (Lipinski definition) is 2. The molecule has 0 aliphatic rings. The SMILES string of the molecule is Cn1cnc2cc(NCc3cccc(Br)c3)ccc21. The number of aromatic nitrogens is 2. The van der Waals surface area contributed by atoms with E-state index < -0.39 is 0 Å². The van der Waals surface area contributed by atoms with Crippen LogP contribution in [0.3, 0.4) is 0 Å². The molecular formula is C15H14BrN3. The van der Waals surface area contributed by atoms with Gasteiger partial charge in [-0.1, -0.05) is 28.1 Å². The van der Waals surface area contributed by atoms with Crippen molar-refractivity contribution in [2.75, 3.05) is 5.32 Å². The summed E-state index contributed by atoms with van der Waals surface area (Å²) < 4.78 is 3.12. The minimum atomic E-state index is 0.803. The molecule has 1 heterocycles. The summed E-state index contributed by atoms with van der Waals surface area (Å²) in [5, 5.41) is 3.42. The van der Waals surface area contributed by atoms with Gasteiger partial charge in [0.25, 0.3) is 0 Å². The number of rotatable bonds is 3. The number of nitrogens with one attached hydrogen (secondary N) is 1. The summed E-state index contributed by atoms with van der Waals surface area (Å²) in [6.45, 7) is 0.803. The Morgan fingerprint density at radius 1 is 1.21 bits per heavy atom. The monoisotopic (exact) mass is 315 g/mol. The summed E-state index contributed by atoms with van der Waals surface area (Å²) in [7, 11) is 2.00. The Bertz CT molecular complexity index is 718. The maximum absolute atomic E-state index is 4.36. The van der Waals surface area contributed by atoms with Crippen LogP contribution in [0.15, 0.2) is 53.3 Å². The van der Waals surface area contributed by atoms with Gasteiger partial charge in [-0.25, -0.2) is 4.98 Å². The Kier molecular flexibility index (Phi) is 3.25. The van der Waals surface area contributed by atoms with Crippen molar-refractivity contribution in [1.82, 2.24) is 9.55 Å². The van der Waals surface area contributed by atoms with Gasteiger partial charge in [0.2, 0.25) is 0 Å². The van der Waals surface area contributed by atoms with E-state index in [1.54, 1.807) is 0 Å². The highest BCUT2D eigenvalue weighted by Gasteiger charge is 2.01. The summed E-state index contributed by atoms with van der Waals surface area (Å²) in [6.07, 6.45) is 1.84. The van der Waals surface area contributed by atoms with E-state index in [1.807, 2.05) is 30.1 Å². The zero-order valence-electron chi connectivity index (χ0n) is 10.6. The van der Waals surface area contributed by atoms with Crippen LogP contribution in [0.2, 0.25) is 0 Å². The van der Waals surface area contributed by atoms with Crippen molar-refractivity contribution in [3.05, 3.63) is 58.8 Å². The van der Waals surface area contributed by atoms with Crippen LogP contribution in [0.1, 0.15) is 5.56 Å². The number of nitrogens with zero attached hydrogens (tertiary/aromatic N) is 2. The molecule has 0 atom stereocenters. The van der Waals surface area contributed by atoms with E-state index in [0.717, 1.165) is 27.7 Å². The summed E-state index contributed by atoms with van der Waals surface area (Å²) in [5.41, 5.74) is 4.50. The van der Waals surface area contributed by atoms with E-state index in [9.17, 15) is 0 Å². The van der Waals surface area contributed by atoms with Gasteiger partial charge in [-0.15, -0.1) is 0 Å². The smallest absolute Gasteiger partial charge is 0.0955 e. The minimum Gasteiger partial charge on any atom is -0.381 e.